The number of likely N-dealkylation sites (tertiary alicyclic amines) is 1. The maximum absolute atomic E-state index is 5.99. The highest BCUT2D eigenvalue weighted by molar-refractivity contribution is 5.46. The fourth-order valence-corrected chi connectivity index (χ4v) is 3.01. The molecule has 1 fully saturated rings. The van der Waals surface area contributed by atoms with Crippen LogP contribution >= 0.6 is 0 Å². The maximum atomic E-state index is 5.99. The van der Waals surface area contributed by atoms with Gasteiger partial charge >= 0.3 is 0 Å². The second kappa shape index (κ2) is 8.06. The smallest absolute Gasteiger partial charge is 0.169 e. The van der Waals surface area contributed by atoms with Gasteiger partial charge in [-0.25, -0.2) is 0 Å². The first-order valence-corrected chi connectivity index (χ1v) is 8.58. The van der Waals surface area contributed by atoms with Crippen molar-refractivity contribution in [2.24, 2.45) is 0 Å². The van der Waals surface area contributed by atoms with Crippen LogP contribution in [0.3, 0.4) is 0 Å². The molecule has 1 saturated heterocycles. The standard InChI is InChI=1S/C20H25NO3/c1-3-23-17-7-6-8-18(14-17)24-19-10-9-16(13-20(19)22-2)15-21-11-4-5-12-21/h6-10,13-14H,3-5,11-12,15H2,1-2H3. The van der Waals surface area contributed by atoms with E-state index in [9.17, 15) is 0 Å². The molecule has 0 aliphatic carbocycles. The Morgan fingerprint density at radius 2 is 1.75 bits per heavy atom. The first kappa shape index (κ1) is 16.7. The summed E-state index contributed by atoms with van der Waals surface area (Å²) in [6.45, 7) is 5.94. The van der Waals surface area contributed by atoms with Gasteiger partial charge in [0.2, 0.25) is 0 Å². The molecule has 1 heterocycles. The van der Waals surface area contributed by atoms with Crippen LogP contribution in [0.15, 0.2) is 42.5 Å². The molecule has 4 heteroatoms. The van der Waals surface area contributed by atoms with E-state index >= 15 is 0 Å². The van der Waals surface area contributed by atoms with E-state index in [0.29, 0.717) is 6.61 Å². The highest BCUT2D eigenvalue weighted by atomic mass is 16.5. The third kappa shape index (κ3) is 4.20. The van der Waals surface area contributed by atoms with Gasteiger partial charge in [0.25, 0.3) is 0 Å². The Bertz CT molecular complexity index is 666. The average molecular weight is 327 g/mol. The fraction of sp³-hybridized carbons (Fsp3) is 0.400. The molecule has 2 aromatic carbocycles. The van der Waals surface area contributed by atoms with Crippen molar-refractivity contribution in [3.63, 3.8) is 0 Å². The third-order valence-electron chi connectivity index (χ3n) is 4.18. The summed E-state index contributed by atoms with van der Waals surface area (Å²) in [4.78, 5) is 2.47. The summed E-state index contributed by atoms with van der Waals surface area (Å²) in [5.41, 5.74) is 1.25. The largest absolute Gasteiger partial charge is 0.494 e. The zero-order valence-corrected chi connectivity index (χ0v) is 14.5. The number of methoxy groups -OCH3 is 1. The summed E-state index contributed by atoms with van der Waals surface area (Å²) in [6, 6.07) is 13.8. The third-order valence-corrected chi connectivity index (χ3v) is 4.18. The van der Waals surface area contributed by atoms with E-state index in [0.717, 1.165) is 29.5 Å². The van der Waals surface area contributed by atoms with Crippen molar-refractivity contribution in [2.75, 3.05) is 26.8 Å². The molecular weight excluding hydrogens is 302 g/mol. The van der Waals surface area contributed by atoms with Crippen LogP contribution in [0.5, 0.6) is 23.0 Å². The lowest BCUT2D eigenvalue weighted by molar-refractivity contribution is 0.328. The second-order valence-corrected chi connectivity index (χ2v) is 5.98. The number of hydrogen-bond acceptors (Lipinski definition) is 4. The van der Waals surface area contributed by atoms with E-state index in [1.54, 1.807) is 7.11 Å². The number of hydrogen-bond donors (Lipinski definition) is 0. The quantitative estimate of drug-likeness (QED) is 0.750. The van der Waals surface area contributed by atoms with Crippen LogP contribution in [-0.2, 0) is 6.54 Å². The molecule has 24 heavy (non-hydrogen) atoms. The predicted molar refractivity (Wildman–Crippen MR) is 95.2 cm³/mol. The van der Waals surface area contributed by atoms with Crippen LogP contribution in [-0.4, -0.2) is 31.7 Å². The highest BCUT2D eigenvalue weighted by Gasteiger charge is 2.14. The minimum absolute atomic E-state index is 0.637. The normalized spacial score (nSPS) is 14.6. The molecule has 0 unspecified atom stereocenters. The zero-order valence-electron chi connectivity index (χ0n) is 14.5. The summed E-state index contributed by atoms with van der Waals surface area (Å²) < 4.78 is 17.0. The molecule has 0 atom stereocenters. The lowest BCUT2D eigenvalue weighted by atomic mass is 10.2. The molecule has 0 N–H and O–H groups in total. The monoisotopic (exact) mass is 327 g/mol. The maximum Gasteiger partial charge on any atom is 0.169 e. The Morgan fingerprint density at radius 3 is 2.50 bits per heavy atom. The lowest BCUT2D eigenvalue weighted by Crippen LogP contribution is -2.18. The van der Waals surface area contributed by atoms with Crippen molar-refractivity contribution < 1.29 is 14.2 Å². The molecule has 0 radical (unpaired) electrons. The van der Waals surface area contributed by atoms with Crippen molar-refractivity contribution in [3.8, 4) is 23.0 Å². The van der Waals surface area contributed by atoms with Crippen molar-refractivity contribution in [2.45, 2.75) is 26.3 Å². The Labute approximate surface area is 144 Å². The molecule has 0 aromatic heterocycles. The van der Waals surface area contributed by atoms with Crippen LogP contribution in [0.4, 0.5) is 0 Å². The summed E-state index contributed by atoms with van der Waals surface area (Å²) >= 11 is 0. The Morgan fingerprint density at radius 1 is 0.958 bits per heavy atom. The molecule has 1 aliphatic rings. The lowest BCUT2D eigenvalue weighted by Gasteiger charge is -2.17. The topological polar surface area (TPSA) is 30.9 Å². The van der Waals surface area contributed by atoms with Crippen molar-refractivity contribution in [1.29, 1.82) is 0 Å². The Kier molecular flexibility index (Phi) is 5.59. The molecule has 0 spiro atoms. The molecule has 1 aliphatic heterocycles. The van der Waals surface area contributed by atoms with Gasteiger partial charge in [0.15, 0.2) is 11.5 Å². The van der Waals surface area contributed by atoms with Gasteiger partial charge in [-0.1, -0.05) is 12.1 Å². The Hall–Kier alpha value is -2.20. The van der Waals surface area contributed by atoms with Gasteiger partial charge in [0, 0.05) is 12.6 Å². The molecule has 3 rings (SSSR count). The second-order valence-electron chi connectivity index (χ2n) is 5.98. The van der Waals surface area contributed by atoms with Crippen molar-refractivity contribution in [3.05, 3.63) is 48.0 Å². The average Bonchev–Trinajstić information content (AvgIpc) is 3.10. The van der Waals surface area contributed by atoms with E-state index in [-0.39, 0.29) is 0 Å². The molecular formula is C20H25NO3. The molecule has 0 amide bonds. The predicted octanol–water partition coefficient (Wildman–Crippen LogP) is 4.48. The van der Waals surface area contributed by atoms with E-state index in [4.69, 9.17) is 14.2 Å². The van der Waals surface area contributed by atoms with Gasteiger partial charge in [-0.3, -0.25) is 4.90 Å². The zero-order chi connectivity index (χ0) is 16.8. The first-order chi connectivity index (χ1) is 11.8. The summed E-state index contributed by atoms with van der Waals surface area (Å²) in [5.74, 6) is 3.02. The van der Waals surface area contributed by atoms with E-state index in [1.165, 1.54) is 31.5 Å². The van der Waals surface area contributed by atoms with Crippen LogP contribution in [0.25, 0.3) is 0 Å². The van der Waals surface area contributed by atoms with Crippen molar-refractivity contribution in [1.82, 2.24) is 4.90 Å². The van der Waals surface area contributed by atoms with Crippen molar-refractivity contribution >= 4 is 0 Å². The molecule has 2 aromatic rings. The van der Waals surface area contributed by atoms with Gasteiger partial charge in [-0.2, -0.15) is 0 Å². The first-order valence-electron chi connectivity index (χ1n) is 8.58. The van der Waals surface area contributed by atoms with Gasteiger partial charge in [-0.05, 0) is 62.7 Å². The van der Waals surface area contributed by atoms with Crippen LogP contribution in [0.1, 0.15) is 25.3 Å². The molecule has 4 nitrogen and oxygen atoms in total. The van der Waals surface area contributed by atoms with Gasteiger partial charge in [-0.15, -0.1) is 0 Å². The molecule has 0 saturated carbocycles. The van der Waals surface area contributed by atoms with Gasteiger partial charge in [0.05, 0.1) is 13.7 Å². The Balaban J connectivity index is 1.73. The fourth-order valence-electron chi connectivity index (χ4n) is 3.01. The molecule has 128 valence electrons. The summed E-state index contributed by atoms with van der Waals surface area (Å²) in [7, 11) is 1.68. The minimum Gasteiger partial charge on any atom is -0.494 e. The minimum atomic E-state index is 0.637. The SMILES string of the molecule is CCOc1cccc(Oc2ccc(CN3CCCC3)cc2OC)c1. The number of nitrogens with zero attached hydrogens (tertiary/aromatic N) is 1. The number of benzene rings is 2. The van der Waals surface area contributed by atoms with Crippen LogP contribution in [0, 0.1) is 0 Å². The number of rotatable bonds is 7. The van der Waals surface area contributed by atoms with E-state index in [1.807, 2.05) is 37.3 Å². The summed E-state index contributed by atoms with van der Waals surface area (Å²) in [6.07, 6.45) is 2.60. The van der Waals surface area contributed by atoms with E-state index in [2.05, 4.69) is 17.0 Å². The summed E-state index contributed by atoms with van der Waals surface area (Å²) in [5, 5.41) is 0. The van der Waals surface area contributed by atoms with Gasteiger partial charge in [0.1, 0.15) is 11.5 Å². The van der Waals surface area contributed by atoms with Crippen LogP contribution < -0.4 is 14.2 Å². The molecule has 0 bridgehead atoms. The highest BCUT2D eigenvalue weighted by Crippen LogP contribution is 2.34. The number of ether oxygens (including phenoxy) is 3. The van der Waals surface area contributed by atoms with Gasteiger partial charge < -0.3 is 14.2 Å². The van der Waals surface area contributed by atoms with Crippen LogP contribution in [0.2, 0.25) is 0 Å². The van der Waals surface area contributed by atoms with E-state index < -0.39 is 0 Å².